The first-order chi connectivity index (χ1) is 15.1. The first-order valence-electron chi connectivity index (χ1n) is 9.70. The second kappa shape index (κ2) is 9.58. The molecule has 32 heavy (non-hydrogen) atoms. The van der Waals surface area contributed by atoms with Gasteiger partial charge in [-0.05, 0) is 49.2 Å². The van der Waals surface area contributed by atoms with Crippen LogP contribution in [0, 0.1) is 17.2 Å². The lowest BCUT2D eigenvalue weighted by Crippen LogP contribution is -2.41. The highest BCUT2D eigenvalue weighted by atomic mass is 32.2. The highest BCUT2D eigenvalue weighted by Gasteiger charge is 2.33. The molecule has 1 aliphatic heterocycles. The van der Waals surface area contributed by atoms with Crippen molar-refractivity contribution >= 4 is 21.6 Å². The second-order valence-corrected chi connectivity index (χ2v) is 9.14. The summed E-state index contributed by atoms with van der Waals surface area (Å²) in [5.41, 5.74) is 0.466. The molecule has 2 aromatic carbocycles. The van der Waals surface area contributed by atoms with Gasteiger partial charge >= 0.3 is 6.18 Å². The van der Waals surface area contributed by atoms with Gasteiger partial charge in [-0.15, -0.1) is 0 Å². The van der Waals surface area contributed by atoms with Crippen LogP contribution in [0.25, 0.3) is 0 Å². The lowest BCUT2D eigenvalue weighted by atomic mass is 9.97. The minimum absolute atomic E-state index is 0.0649. The number of nitriles is 1. The Morgan fingerprint density at radius 1 is 1.12 bits per heavy atom. The molecule has 0 spiro atoms. The zero-order valence-electron chi connectivity index (χ0n) is 16.8. The van der Waals surface area contributed by atoms with Crippen molar-refractivity contribution < 1.29 is 31.1 Å². The van der Waals surface area contributed by atoms with Crippen molar-refractivity contribution in [2.24, 2.45) is 5.92 Å². The van der Waals surface area contributed by atoms with Crippen LogP contribution in [0.4, 0.5) is 18.9 Å². The molecular formula is C21H20F3N3O4S. The molecule has 0 aliphatic carbocycles. The Morgan fingerprint density at radius 3 is 2.34 bits per heavy atom. The van der Waals surface area contributed by atoms with E-state index in [0.717, 1.165) is 0 Å². The third kappa shape index (κ3) is 5.77. The first kappa shape index (κ1) is 23.6. The summed E-state index contributed by atoms with van der Waals surface area (Å²) in [4.78, 5) is 12.7. The molecular weight excluding hydrogens is 447 g/mol. The number of nitrogens with zero attached hydrogens (tertiary/aromatic N) is 2. The molecule has 0 saturated carbocycles. The smallest absolute Gasteiger partial charge is 0.422 e. The van der Waals surface area contributed by atoms with E-state index in [0.29, 0.717) is 5.56 Å². The number of carbonyl (C=O) groups is 1. The molecule has 170 valence electrons. The fourth-order valence-corrected chi connectivity index (χ4v) is 4.77. The summed E-state index contributed by atoms with van der Waals surface area (Å²) in [6.07, 6.45) is -4.00. The van der Waals surface area contributed by atoms with E-state index in [2.05, 4.69) is 5.32 Å². The number of carbonyl (C=O) groups excluding carboxylic acids is 1. The number of halogens is 3. The normalized spacial score (nSPS) is 15.7. The Balaban J connectivity index is 1.61. The number of sulfonamides is 1. The van der Waals surface area contributed by atoms with E-state index in [9.17, 15) is 26.4 Å². The minimum Gasteiger partial charge on any atom is -0.482 e. The molecule has 3 rings (SSSR count). The maximum atomic E-state index is 12.8. The topological polar surface area (TPSA) is 99.5 Å². The third-order valence-corrected chi connectivity index (χ3v) is 6.90. The summed E-state index contributed by atoms with van der Waals surface area (Å²) < 4.78 is 68.9. The highest BCUT2D eigenvalue weighted by molar-refractivity contribution is 7.89. The van der Waals surface area contributed by atoms with Gasteiger partial charge in [-0.2, -0.15) is 22.7 Å². The molecule has 7 nitrogen and oxygen atoms in total. The Labute approximate surface area is 183 Å². The van der Waals surface area contributed by atoms with E-state index in [1.54, 1.807) is 6.07 Å². The lowest BCUT2D eigenvalue weighted by molar-refractivity contribution is -0.153. The molecule has 0 radical (unpaired) electrons. The number of hydrogen-bond donors (Lipinski definition) is 1. The van der Waals surface area contributed by atoms with Gasteiger partial charge in [-0.3, -0.25) is 4.79 Å². The quantitative estimate of drug-likeness (QED) is 0.701. The van der Waals surface area contributed by atoms with Gasteiger partial charge in [0.25, 0.3) is 0 Å². The van der Waals surface area contributed by atoms with Gasteiger partial charge in [0.1, 0.15) is 5.75 Å². The summed E-state index contributed by atoms with van der Waals surface area (Å²) in [6, 6.07) is 13.3. The predicted octanol–water partition coefficient (Wildman–Crippen LogP) is 3.54. The average molecular weight is 467 g/mol. The van der Waals surface area contributed by atoms with Gasteiger partial charge in [-0.25, -0.2) is 8.42 Å². The van der Waals surface area contributed by atoms with Crippen molar-refractivity contribution in [3.63, 3.8) is 0 Å². The van der Waals surface area contributed by atoms with E-state index >= 15 is 0 Å². The molecule has 0 unspecified atom stereocenters. The van der Waals surface area contributed by atoms with E-state index in [4.69, 9.17) is 10.00 Å². The zero-order valence-corrected chi connectivity index (χ0v) is 17.6. The molecule has 1 amide bonds. The number of para-hydroxylation sites is 2. The minimum atomic E-state index is -4.51. The Hall–Kier alpha value is -3.10. The maximum Gasteiger partial charge on any atom is 0.422 e. The van der Waals surface area contributed by atoms with Gasteiger partial charge in [0.05, 0.1) is 22.2 Å². The second-order valence-electron chi connectivity index (χ2n) is 7.20. The maximum absolute atomic E-state index is 12.8. The van der Waals surface area contributed by atoms with Crippen LogP contribution in [-0.2, 0) is 14.8 Å². The Morgan fingerprint density at radius 2 is 1.75 bits per heavy atom. The van der Waals surface area contributed by atoms with E-state index in [-0.39, 0.29) is 42.3 Å². The molecule has 0 atom stereocenters. The van der Waals surface area contributed by atoms with Gasteiger partial charge in [0, 0.05) is 19.0 Å². The molecule has 1 aliphatic rings. The number of ether oxygens (including phenoxy) is 1. The van der Waals surface area contributed by atoms with Crippen LogP contribution < -0.4 is 10.1 Å². The average Bonchev–Trinajstić information content (AvgIpc) is 2.78. The lowest BCUT2D eigenvalue weighted by Gasteiger charge is -2.30. The first-order valence-corrected chi connectivity index (χ1v) is 11.1. The van der Waals surface area contributed by atoms with E-state index in [1.807, 2.05) is 6.07 Å². The van der Waals surface area contributed by atoms with Crippen LogP contribution in [0.1, 0.15) is 18.4 Å². The molecule has 1 N–H and O–H groups in total. The van der Waals surface area contributed by atoms with E-state index < -0.39 is 34.6 Å². The SMILES string of the molecule is N#Cc1ccc(S(=O)(=O)N2CCC(C(=O)Nc3ccccc3OCC(F)(F)F)CC2)cc1. The van der Waals surface area contributed by atoms with Crippen LogP contribution in [-0.4, -0.2) is 44.5 Å². The number of rotatable bonds is 6. The molecule has 1 heterocycles. The summed E-state index contributed by atoms with van der Waals surface area (Å²) in [7, 11) is -3.76. The number of alkyl halides is 3. The predicted molar refractivity (Wildman–Crippen MR) is 109 cm³/mol. The highest BCUT2D eigenvalue weighted by Crippen LogP contribution is 2.29. The molecule has 0 aromatic heterocycles. The van der Waals surface area contributed by atoms with Crippen LogP contribution >= 0.6 is 0 Å². The summed E-state index contributed by atoms with van der Waals surface area (Å²) in [5, 5.41) is 11.4. The molecule has 0 bridgehead atoms. The van der Waals surface area contributed by atoms with Crippen molar-refractivity contribution in [1.29, 1.82) is 5.26 Å². The standard InChI is InChI=1S/C21H20F3N3O4S/c22-21(23,24)14-31-19-4-2-1-3-18(19)26-20(28)16-9-11-27(12-10-16)32(29,30)17-7-5-15(13-25)6-8-17/h1-8,16H,9-12,14H2,(H,26,28). The third-order valence-electron chi connectivity index (χ3n) is 4.98. The zero-order chi connectivity index (χ0) is 23.4. The monoisotopic (exact) mass is 467 g/mol. The molecule has 2 aromatic rings. The number of amides is 1. The largest absolute Gasteiger partial charge is 0.482 e. The summed E-state index contributed by atoms with van der Waals surface area (Å²) in [6.45, 7) is -1.25. The number of nitrogens with one attached hydrogen (secondary N) is 1. The summed E-state index contributed by atoms with van der Waals surface area (Å²) >= 11 is 0. The van der Waals surface area contributed by atoms with Gasteiger partial charge in [0.15, 0.2) is 6.61 Å². The molecule has 1 fully saturated rings. The Bertz CT molecular complexity index is 1100. The van der Waals surface area contributed by atoms with Crippen LogP contribution in [0.2, 0.25) is 0 Å². The number of hydrogen-bond acceptors (Lipinski definition) is 5. The van der Waals surface area contributed by atoms with Crippen molar-refractivity contribution in [3.8, 4) is 11.8 Å². The van der Waals surface area contributed by atoms with E-state index in [1.165, 1.54) is 46.8 Å². The van der Waals surface area contributed by atoms with Crippen LogP contribution in [0.5, 0.6) is 5.75 Å². The number of anilines is 1. The van der Waals surface area contributed by atoms with Crippen molar-refractivity contribution in [2.75, 3.05) is 25.0 Å². The van der Waals surface area contributed by atoms with Crippen LogP contribution in [0.15, 0.2) is 53.4 Å². The van der Waals surface area contributed by atoms with Crippen molar-refractivity contribution in [3.05, 3.63) is 54.1 Å². The Kier molecular flexibility index (Phi) is 7.06. The van der Waals surface area contributed by atoms with Gasteiger partial charge in [0.2, 0.25) is 15.9 Å². The fraction of sp³-hybridized carbons (Fsp3) is 0.333. The molecule has 1 saturated heterocycles. The van der Waals surface area contributed by atoms with Crippen molar-refractivity contribution in [1.82, 2.24) is 4.31 Å². The van der Waals surface area contributed by atoms with Gasteiger partial charge < -0.3 is 10.1 Å². The molecule has 11 heteroatoms. The van der Waals surface area contributed by atoms with Crippen LogP contribution in [0.3, 0.4) is 0 Å². The van der Waals surface area contributed by atoms with Gasteiger partial charge in [-0.1, -0.05) is 12.1 Å². The number of benzene rings is 2. The number of piperidine rings is 1. The fourth-order valence-electron chi connectivity index (χ4n) is 3.30. The summed E-state index contributed by atoms with van der Waals surface area (Å²) in [5.74, 6) is -1.01. The van der Waals surface area contributed by atoms with Crippen molar-refractivity contribution in [2.45, 2.75) is 23.9 Å².